The van der Waals surface area contributed by atoms with Gasteiger partial charge < -0.3 is 0 Å². The maximum atomic E-state index is 6.24. The van der Waals surface area contributed by atoms with E-state index in [1.165, 1.54) is 36.6 Å². The molecule has 0 aliphatic heterocycles. The molecule has 0 saturated heterocycles. The standard InChI is InChI=1S/C21H19Cl2N/c22-19-8-7-16(13-20(19)23)18-12-15(10-14-4-1-2-5-14)11-17-6-3-9-24-21(17)18/h3,6-9,11-14H,1-2,4-5,10H2. The van der Waals surface area contributed by atoms with E-state index in [1.807, 2.05) is 30.5 Å². The summed E-state index contributed by atoms with van der Waals surface area (Å²) in [7, 11) is 0. The van der Waals surface area contributed by atoms with Crippen molar-refractivity contribution in [2.45, 2.75) is 32.1 Å². The van der Waals surface area contributed by atoms with Crippen molar-refractivity contribution in [1.82, 2.24) is 4.98 Å². The minimum atomic E-state index is 0.583. The van der Waals surface area contributed by atoms with E-state index in [0.29, 0.717) is 10.0 Å². The predicted octanol–water partition coefficient (Wildman–Crippen LogP) is 6.94. The molecule has 0 bridgehead atoms. The van der Waals surface area contributed by atoms with Crippen molar-refractivity contribution in [2.75, 3.05) is 0 Å². The molecule has 1 nitrogen and oxygen atoms in total. The molecule has 1 aliphatic rings. The van der Waals surface area contributed by atoms with Gasteiger partial charge in [0.15, 0.2) is 0 Å². The molecule has 0 unspecified atom stereocenters. The van der Waals surface area contributed by atoms with Crippen molar-refractivity contribution in [3.05, 3.63) is 64.3 Å². The van der Waals surface area contributed by atoms with Crippen LogP contribution in [-0.2, 0) is 6.42 Å². The minimum absolute atomic E-state index is 0.583. The van der Waals surface area contributed by atoms with Crippen LogP contribution >= 0.6 is 23.2 Å². The van der Waals surface area contributed by atoms with Gasteiger partial charge in [-0.2, -0.15) is 0 Å². The lowest BCUT2D eigenvalue weighted by molar-refractivity contribution is 0.547. The molecule has 3 aromatic rings. The van der Waals surface area contributed by atoms with Gasteiger partial charge in [-0.15, -0.1) is 0 Å². The minimum Gasteiger partial charge on any atom is -0.256 e. The zero-order chi connectivity index (χ0) is 16.5. The first kappa shape index (κ1) is 15.9. The van der Waals surface area contributed by atoms with E-state index in [0.717, 1.165) is 29.0 Å². The van der Waals surface area contributed by atoms with Crippen LogP contribution < -0.4 is 0 Å². The predicted molar refractivity (Wildman–Crippen MR) is 103 cm³/mol. The molecule has 0 N–H and O–H groups in total. The Morgan fingerprint density at radius 2 is 1.79 bits per heavy atom. The number of hydrogen-bond acceptors (Lipinski definition) is 1. The van der Waals surface area contributed by atoms with Gasteiger partial charge in [-0.3, -0.25) is 4.98 Å². The van der Waals surface area contributed by atoms with Crippen molar-refractivity contribution >= 4 is 34.1 Å². The fraction of sp³-hybridized carbons (Fsp3) is 0.286. The first-order valence-electron chi connectivity index (χ1n) is 8.54. The summed E-state index contributed by atoms with van der Waals surface area (Å²) in [5, 5.41) is 2.35. The molecule has 1 saturated carbocycles. The highest BCUT2D eigenvalue weighted by molar-refractivity contribution is 6.42. The van der Waals surface area contributed by atoms with Crippen LogP contribution in [0.3, 0.4) is 0 Å². The van der Waals surface area contributed by atoms with Crippen LogP contribution in [0.15, 0.2) is 48.7 Å². The van der Waals surface area contributed by atoms with Crippen LogP contribution in [0.4, 0.5) is 0 Å². The number of benzene rings is 2. The Morgan fingerprint density at radius 3 is 2.58 bits per heavy atom. The summed E-state index contributed by atoms with van der Waals surface area (Å²) < 4.78 is 0. The monoisotopic (exact) mass is 355 g/mol. The van der Waals surface area contributed by atoms with E-state index in [4.69, 9.17) is 23.2 Å². The summed E-state index contributed by atoms with van der Waals surface area (Å²) in [6.45, 7) is 0. The maximum absolute atomic E-state index is 6.24. The molecule has 1 aromatic heterocycles. The van der Waals surface area contributed by atoms with Crippen molar-refractivity contribution in [1.29, 1.82) is 0 Å². The second kappa shape index (κ2) is 6.74. The smallest absolute Gasteiger partial charge is 0.0780 e. The second-order valence-electron chi connectivity index (χ2n) is 6.70. The molecule has 3 heteroatoms. The Bertz CT molecular complexity index is 882. The number of aromatic nitrogens is 1. The largest absolute Gasteiger partial charge is 0.256 e. The lowest BCUT2D eigenvalue weighted by Crippen LogP contribution is -1.99. The molecule has 0 spiro atoms. The van der Waals surface area contributed by atoms with Gasteiger partial charge in [0.1, 0.15) is 0 Å². The molecule has 0 amide bonds. The van der Waals surface area contributed by atoms with Crippen molar-refractivity contribution < 1.29 is 0 Å². The fourth-order valence-corrected chi connectivity index (χ4v) is 4.10. The SMILES string of the molecule is Clc1ccc(-c2cc(CC3CCCC3)cc3cccnc23)cc1Cl. The molecule has 1 fully saturated rings. The molecule has 24 heavy (non-hydrogen) atoms. The van der Waals surface area contributed by atoms with E-state index in [1.54, 1.807) is 0 Å². The van der Waals surface area contributed by atoms with Crippen LogP contribution in [0.2, 0.25) is 10.0 Å². The topological polar surface area (TPSA) is 12.9 Å². The second-order valence-corrected chi connectivity index (χ2v) is 7.52. The quantitative estimate of drug-likeness (QED) is 0.495. The third-order valence-corrected chi connectivity index (χ3v) is 5.73. The van der Waals surface area contributed by atoms with E-state index in [9.17, 15) is 0 Å². The van der Waals surface area contributed by atoms with Crippen LogP contribution in [0.25, 0.3) is 22.0 Å². The lowest BCUT2D eigenvalue weighted by Gasteiger charge is -2.13. The van der Waals surface area contributed by atoms with Gasteiger partial charge in [0.25, 0.3) is 0 Å². The summed E-state index contributed by atoms with van der Waals surface area (Å²) in [6, 6.07) is 14.5. The first-order chi connectivity index (χ1) is 11.7. The Morgan fingerprint density at radius 1 is 0.958 bits per heavy atom. The van der Waals surface area contributed by atoms with E-state index < -0.39 is 0 Å². The summed E-state index contributed by atoms with van der Waals surface area (Å²) in [5.41, 5.74) is 4.62. The zero-order valence-electron chi connectivity index (χ0n) is 13.4. The molecular formula is C21H19Cl2N. The number of pyridine rings is 1. The Balaban J connectivity index is 1.83. The molecule has 1 aliphatic carbocycles. The van der Waals surface area contributed by atoms with Gasteiger partial charge in [0, 0.05) is 17.1 Å². The third-order valence-electron chi connectivity index (χ3n) is 4.99. The van der Waals surface area contributed by atoms with E-state index >= 15 is 0 Å². The molecule has 122 valence electrons. The molecule has 0 radical (unpaired) electrons. The summed E-state index contributed by atoms with van der Waals surface area (Å²) in [5.74, 6) is 0.820. The first-order valence-corrected chi connectivity index (χ1v) is 9.29. The van der Waals surface area contributed by atoms with Gasteiger partial charge in [0.05, 0.1) is 15.6 Å². The van der Waals surface area contributed by atoms with Crippen molar-refractivity contribution in [2.24, 2.45) is 5.92 Å². The molecular weight excluding hydrogens is 337 g/mol. The normalized spacial score (nSPS) is 15.2. The molecule has 1 heterocycles. The lowest BCUT2D eigenvalue weighted by atomic mass is 9.93. The average Bonchev–Trinajstić information content (AvgIpc) is 3.10. The Labute approximate surface area is 152 Å². The van der Waals surface area contributed by atoms with Gasteiger partial charge in [-0.25, -0.2) is 0 Å². The summed E-state index contributed by atoms with van der Waals surface area (Å²) >= 11 is 12.3. The van der Waals surface area contributed by atoms with Crippen LogP contribution in [-0.4, -0.2) is 4.98 Å². The van der Waals surface area contributed by atoms with Crippen LogP contribution in [0, 0.1) is 5.92 Å². The fourth-order valence-electron chi connectivity index (χ4n) is 3.80. The highest BCUT2D eigenvalue weighted by Gasteiger charge is 2.17. The number of nitrogens with zero attached hydrogens (tertiary/aromatic N) is 1. The maximum Gasteiger partial charge on any atom is 0.0780 e. The zero-order valence-corrected chi connectivity index (χ0v) is 14.9. The van der Waals surface area contributed by atoms with Crippen LogP contribution in [0.1, 0.15) is 31.2 Å². The Kier molecular flexibility index (Phi) is 4.47. The van der Waals surface area contributed by atoms with E-state index in [-0.39, 0.29) is 0 Å². The van der Waals surface area contributed by atoms with Gasteiger partial charge >= 0.3 is 0 Å². The number of fused-ring (bicyclic) bond motifs is 1. The van der Waals surface area contributed by atoms with Crippen molar-refractivity contribution in [3.8, 4) is 11.1 Å². The van der Waals surface area contributed by atoms with Gasteiger partial charge in [0.2, 0.25) is 0 Å². The van der Waals surface area contributed by atoms with Crippen LogP contribution in [0.5, 0.6) is 0 Å². The van der Waals surface area contributed by atoms with Gasteiger partial charge in [-0.05, 0) is 53.8 Å². The highest BCUT2D eigenvalue weighted by Crippen LogP contribution is 2.35. The Hall–Kier alpha value is -1.57. The number of rotatable bonds is 3. The molecule has 0 atom stereocenters. The molecule has 4 rings (SSSR count). The third kappa shape index (κ3) is 3.16. The summed E-state index contributed by atoms with van der Waals surface area (Å²) in [6.07, 6.45) is 8.46. The average molecular weight is 356 g/mol. The highest BCUT2D eigenvalue weighted by atomic mass is 35.5. The summed E-state index contributed by atoms with van der Waals surface area (Å²) in [4.78, 5) is 4.61. The van der Waals surface area contributed by atoms with Gasteiger partial charge in [-0.1, -0.05) is 61.0 Å². The number of hydrogen-bond donors (Lipinski definition) is 0. The molecule has 2 aromatic carbocycles. The number of halogens is 2. The van der Waals surface area contributed by atoms with Crippen molar-refractivity contribution in [3.63, 3.8) is 0 Å². The van der Waals surface area contributed by atoms with E-state index in [2.05, 4.69) is 23.2 Å².